The minimum absolute atomic E-state index is 0.646. The van der Waals surface area contributed by atoms with Crippen LogP contribution in [0.15, 0.2) is 6.33 Å². The number of hydrogen-bond acceptors (Lipinski definition) is 4. The molecule has 2 unspecified atom stereocenters. The van der Waals surface area contributed by atoms with Gasteiger partial charge < -0.3 is 5.32 Å². The zero-order valence-corrected chi connectivity index (χ0v) is 11.2. The van der Waals surface area contributed by atoms with Crippen molar-refractivity contribution in [2.45, 2.75) is 57.8 Å². The van der Waals surface area contributed by atoms with E-state index in [0.29, 0.717) is 6.04 Å². The van der Waals surface area contributed by atoms with Gasteiger partial charge in [-0.05, 0) is 32.7 Å². The van der Waals surface area contributed by atoms with Crippen molar-refractivity contribution in [1.82, 2.24) is 25.0 Å². The Hall–Kier alpha value is -0.940. The fraction of sp³-hybridized carbons (Fsp3) is 0.846. The second-order valence-corrected chi connectivity index (χ2v) is 5.37. The van der Waals surface area contributed by atoms with Crippen molar-refractivity contribution >= 4 is 0 Å². The normalized spacial score (nSPS) is 28.5. The van der Waals surface area contributed by atoms with E-state index in [9.17, 15) is 0 Å². The summed E-state index contributed by atoms with van der Waals surface area (Å²) in [6.07, 6.45) is 7.07. The second-order valence-electron chi connectivity index (χ2n) is 5.37. The van der Waals surface area contributed by atoms with E-state index in [4.69, 9.17) is 0 Å². The van der Waals surface area contributed by atoms with Crippen molar-refractivity contribution in [2.75, 3.05) is 13.1 Å². The number of aromatic nitrogens is 3. The minimum atomic E-state index is 0.646. The van der Waals surface area contributed by atoms with E-state index >= 15 is 0 Å². The maximum Gasteiger partial charge on any atom is 0.140 e. The highest BCUT2D eigenvalue weighted by Gasteiger charge is 2.35. The van der Waals surface area contributed by atoms with Gasteiger partial charge in [0.1, 0.15) is 12.2 Å². The number of nitrogens with one attached hydrogen (secondary N) is 1. The third kappa shape index (κ3) is 2.29. The van der Waals surface area contributed by atoms with Crippen molar-refractivity contribution in [1.29, 1.82) is 0 Å². The molecule has 0 amide bonds. The molecular weight excluding hydrogens is 226 g/mol. The zero-order chi connectivity index (χ0) is 12.4. The summed E-state index contributed by atoms with van der Waals surface area (Å²) in [6.45, 7) is 6.42. The predicted octanol–water partition coefficient (Wildman–Crippen LogP) is 1.01. The highest BCUT2D eigenvalue weighted by molar-refractivity contribution is 4.95. The molecule has 0 aliphatic carbocycles. The van der Waals surface area contributed by atoms with Gasteiger partial charge >= 0.3 is 0 Å². The average molecular weight is 249 g/mol. The van der Waals surface area contributed by atoms with Crippen molar-refractivity contribution in [3.8, 4) is 0 Å². The molecule has 3 heterocycles. The monoisotopic (exact) mass is 249 g/mol. The van der Waals surface area contributed by atoms with Crippen LogP contribution < -0.4 is 5.32 Å². The molecule has 2 aliphatic rings. The summed E-state index contributed by atoms with van der Waals surface area (Å²) in [5.74, 6) is 1.06. The third-order valence-electron chi connectivity index (χ3n) is 4.37. The molecule has 0 aromatic carbocycles. The molecule has 5 nitrogen and oxygen atoms in total. The lowest BCUT2D eigenvalue weighted by Crippen LogP contribution is -2.44. The van der Waals surface area contributed by atoms with Crippen LogP contribution in [-0.2, 0) is 13.1 Å². The van der Waals surface area contributed by atoms with Gasteiger partial charge in [-0.25, -0.2) is 9.67 Å². The standard InChI is InChI=1S/C13H23N5/c1-2-18-13(15-10-16-18)9-14-11-6-8-17-7-4-3-5-12(11)17/h10-12,14H,2-9H2,1H3. The van der Waals surface area contributed by atoms with Gasteiger partial charge in [-0.1, -0.05) is 6.42 Å². The van der Waals surface area contributed by atoms with Crippen molar-refractivity contribution in [3.63, 3.8) is 0 Å². The Balaban J connectivity index is 1.57. The summed E-state index contributed by atoms with van der Waals surface area (Å²) < 4.78 is 1.97. The number of hydrogen-bond donors (Lipinski definition) is 1. The van der Waals surface area contributed by atoms with Gasteiger partial charge in [0.2, 0.25) is 0 Å². The molecule has 100 valence electrons. The molecule has 0 spiro atoms. The molecular formula is C13H23N5. The van der Waals surface area contributed by atoms with Crippen LogP contribution in [0, 0.1) is 0 Å². The third-order valence-corrected chi connectivity index (χ3v) is 4.37. The van der Waals surface area contributed by atoms with Crippen LogP contribution in [0.4, 0.5) is 0 Å². The fourth-order valence-electron chi connectivity index (χ4n) is 3.40. The van der Waals surface area contributed by atoms with E-state index in [2.05, 4.69) is 27.2 Å². The number of piperidine rings is 1. The maximum atomic E-state index is 4.33. The second kappa shape index (κ2) is 5.36. The molecule has 2 fully saturated rings. The van der Waals surface area contributed by atoms with E-state index in [1.807, 2.05) is 4.68 Å². The highest BCUT2D eigenvalue weighted by Crippen LogP contribution is 2.27. The summed E-state index contributed by atoms with van der Waals surface area (Å²) in [5, 5.41) is 7.91. The Labute approximate surface area is 109 Å². The predicted molar refractivity (Wildman–Crippen MR) is 70.2 cm³/mol. The number of nitrogens with zero attached hydrogens (tertiary/aromatic N) is 4. The SMILES string of the molecule is CCn1ncnc1CNC1CCN2CCCCC12. The van der Waals surface area contributed by atoms with E-state index in [0.717, 1.165) is 25.0 Å². The summed E-state index contributed by atoms with van der Waals surface area (Å²) in [5.41, 5.74) is 0. The highest BCUT2D eigenvalue weighted by atomic mass is 15.3. The van der Waals surface area contributed by atoms with Gasteiger partial charge in [0, 0.05) is 25.2 Å². The molecule has 18 heavy (non-hydrogen) atoms. The van der Waals surface area contributed by atoms with Gasteiger partial charge in [-0.2, -0.15) is 5.10 Å². The van der Waals surface area contributed by atoms with Crippen LogP contribution in [0.5, 0.6) is 0 Å². The Kier molecular flexibility index (Phi) is 3.61. The molecule has 3 rings (SSSR count). The summed E-state index contributed by atoms with van der Waals surface area (Å²) in [7, 11) is 0. The maximum absolute atomic E-state index is 4.33. The van der Waals surface area contributed by atoms with Gasteiger partial charge in [0.15, 0.2) is 0 Å². The number of aryl methyl sites for hydroxylation is 1. The molecule has 1 aromatic heterocycles. The van der Waals surface area contributed by atoms with Crippen LogP contribution in [0.1, 0.15) is 38.4 Å². The minimum Gasteiger partial charge on any atom is -0.305 e. The molecule has 0 radical (unpaired) electrons. The summed E-state index contributed by atoms with van der Waals surface area (Å²) in [6, 6.07) is 1.41. The van der Waals surface area contributed by atoms with E-state index in [1.165, 1.54) is 38.8 Å². The molecule has 5 heteroatoms. The molecule has 1 aromatic rings. The van der Waals surface area contributed by atoms with Crippen LogP contribution >= 0.6 is 0 Å². The molecule has 0 bridgehead atoms. The summed E-state index contributed by atoms with van der Waals surface area (Å²) >= 11 is 0. The quantitative estimate of drug-likeness (QED) is 0.865. The van der Waals surface area contributed by atoms with E-state index < -0.39 is 0 Å². The molecule has 1 N–H and O–H groups in total. The lowest BCUT2D eigenvalue weighted by atomic mass is 9.99. The first-order chi connectivity index (χ1) is 8.88. The van der Waals surface area contributed by atoms with Crippen LogP contribution in [0.3, 0.4) is 0 Å². The van der Waals surface area contributed by atoms with E-state index in [1.54, 1.807) is 6.33 Å². The first-order valence-electron chi connectivity index (χ1n) is 7.22. The smallest absolute Gasteiger partial charge is 0.140 e. The Bertz CT molecular complexity index is 388. The zero-order valence-electron chi connectivity index (χ0n) is 11.2. The Morgan fingerprint density at radius 2 is 2.28 bits per heavy atom. The van der Waals surface area contributed by atoms with Crippen molar-refractivity contribution < 1.29 is 0 Å². The van der Waals surface area contributed by atoms with Crippen LogP contribution in [0.2, 0.25) is 0 Å². The van der Waals surface area contributed by atoms with Crippen LogP contribution in [0.25, 0.3) is 0 Å². The van der Waals surface area contributed by atoms with Gasteiger partial charge in [0.05, 0.1) is 6.54 Å². The largest absolute Gasteiger partial charge is 0.305 e. The van der Waals surface area contributed by atoms with Crippen molar-refractivity contribution in [3.05, 3.63) is 12.2 Å². The molecule has 2 aliphatic heterocycles. The first kappa shape index (κ1) is 12.1. The average Bonchev–Trinajstić information content (AvgIpc) is 3.02. The Morgan fingerprint density at radius 1 is 1.33 bits per heavy atom. The molecule has 2 atom stereocenters. The van der Waals surface area contributed by atoms with Gasteiger partial charge in [0.25, 0.3) is 0 Å². The lowest BCUT2D eigenvalue weighted by Gasteiger charge is -2.32. The summed E-state index contributed by atoms with van der Waals surface area (Å²) in [4.78, 5) is 6.99. The van der Waals surface area contributed by atoms with E-state index in [-0.39, 0.29) is 0 Å². The number of rotatable bonds is 4. The molecule has 2 saturated heterocycles. The first-order valence-corrected chi connectivity index (χ1v) is 7.22. The Morgan fingerprint density at radius 3 is 3.17 bits per heavy atom. The topological polar surface area (TPSA) is 46.0 Å². The van der Waals surface area contributed by atoms with Gasteiger partial charge in [-0.3, -0.25) is 4.90 Å². The number of fused-ring (bicyclic) bond motifs is 1. The van der Waals surface area contributed by atoms with Gasteiger partial charge in [-0.15, -0.1) is 0 Å². The molecule has 0 saturated carbocycles. The fourth-order valence-corrected chi connectivity index (χ4v) is 3.40. The lowest BCUT2D eigenvalue weighted by molar-refractivity contribution is 0.180. The van der Waals surface area contributed by atoms with Crippen molar-refractivity contribution in [2.24, 2.45) is 0 Å². The van der Waals surface area contributed by atoms with Crippen LogP contribution in [-0.4, -0.2) is 44.8 Å².